The molecule has 4 amide bonds. The predicted molar refractivity (Wildman–Crippen MR) is 231 cm³/mol. The molecule has 64 heavy (non-hydrogen) atoms. The molecule has 0 unspecified atom stereocenters. The lowest BCUT2D eigenvalue weighted by Gasteiger charge is -2.19. The van der Waals surface area contributed by atoms with Crippen LogP contribution in [0, 0.1) is 18.8 Å². The number of likely N-dealkylation sites (tertiary alicyclic amines) is 2. The Morgan fingerprint density at radius 2 is 1.23 bits per heavy atom. The maximum Gasteiger partial charge on any atom is 0.317 e. The molecule has 0 aliphatic carbocycles. The maximum atomic E-state index is 13.4. The number of urea groups is 2. The number of alkyl halides is 4. The standard InChI is InChI=1S/C25H28F2N6O3S.C18H22F2N6O/c1-4-17-13-31(24(34)30-15-25(3,26)27)14-19(17)21-11-28-22-12-29-23-20(33(21)22)9-10-32(23)37(35,36)18-7-5-16(2)6-8-18;1-3-11-8-25(17(27)24-10-18(2,19)20)9-12(11)14-6-22-15-7-23-16-13(26(14)15)4-5-21-16/h5-12,17,19H,4,13-15H2,1-3H3,(H,30,34);4-7,11-12,21H,3,8-10H2,1-2H3,(H,24,27)/t17-,19+;11-,12+/m11/s1. The molecule has 2 saturated heterocycles. The summed E-state index contributed by atoms with van der Waals surface area (Å²) in [6, 6.07) is 9.28. The zero-order chi connectivity index (χ0) is 45.7. The number of nitrogens with zero attached hydrogens (tertiary/aromatic N) is 9. The summed E-state index contributed by atoms with van der Waals surface area (Å²) in [4.78, 5) is 49.1. The van der Waals surface area contributed by atoms with Crippen molar-refractivity contribution in [2.45, 2.75) is 76.0 Å². The topological polar surface area (TPSA) is 180 Å². The summed E-state index contributed by atoms with van der Waals surface area (Å²) >= 11 is 0. The van der Waals surface area contributed by atoms with Crippen LogP contribution in [0.25, 0.3) is 33.6 Å². The first kappa shape index (κ1) is 44.4. The van der Waals surface area contributed by atoms with Crippen molar-refractivity contribution in [2.24, 2.45) is 11.8 Å². The number of benzene rings is 1. The Kier molecular flexibility index (Phi) is 11.8. The van der Waals surface area contributed by atoms with Crippen LogP contribution in [0.4, 0.5) is 27.2 Å². The normalized spacial score (nSPS) is 19.5. The molecule has 0 saturated carbocycles. The molecule has 2 aliphatic rings. The van der Waals surface area contributed by atoms with Gasteiger partial charge in [-0.25, -0.2) is 59.5 Å². The van der Waals surface area contributed by atoms with Crippen LogP contribution in [0.15, 0.2) is 78.5 Å². The lowest BCUT2D eigenvalue weighted by Crippen LogP contribution is -2.43. The average molecular weight is 907 g/mol. The van der Waals surface area contributed by atoms with Crippen LogP contribution < -0.4 is 10.6 Å². The van der Waals surface area contributed by atoms with Crippen molar-refractivity contribution in [1.29, 1.82) is 0 Å². The highest BCUT2D eigenvalue weighted by atomic mass is 32.2. The fraction of sp³-hybridized carbons (Fsp3) is 0.442. The number of aromatic nitrogens is 8. The van der Waals surface area contributed by atoms with Gasteiger partial charge >= 0.3 is 12.1 Å². The molecule has 16 nitrogen and oxygen atoms in total. The fourth-order valence-electron chi connectivity index (χ4n) is 8.84. The first-order valence-corrected chi connectivity index (χ1v) is 22.6. The highest BCUT2D eigenvalue weighted by Gasteiger charge is 2.39. The molecule has 8 heterocycles. The van der Waals surface area contributed by atoms with Gasteiger partial charge in [0.15, 0.2) is 22.6 Å². The lowest BCUT2D eigenvalue weighted by atomic mass is 9.91. The summed E-state index contributed by atoms with van der Waals surface area (Å²) in [7, 11) is -3.88. The van der Waals surface area contributed by atoms with Crippen LogP contribution in [0.1, 0.15) is 69.3 Å². The van der Waals surface area contributed by atoms with Gasteiger partial charge in [-0.3, -0.25) is 8.80 Å². The molecule has 2 aliphatic heterocycles. The van der Waals surface area contributed by atoms with Crippen molar-refractivity contribution < 1.29 is 35.6 Å². The number of fused-ring (bicyclic) bond motifs is 6. The highest BCUT2D eigenvalue weighted by Crippen LogP contribution is 2.38. The number of halogens is 4. The molecule has 7 aromatic rings. The largest absolute Gasteiger partial charge is 0.345 e. The minimum atomic E-state index is -3.88. The van der Waals surface area contributed by atoms with E-state index in [0.717, 1.165) is 64.4 Å². The van der Waals surface area contributed by atoms with E-state index in [9.17, 15) is 35.6 Å². The van der Waals surface area contributed by atoms with E-state index in [1.165, 1.54) is 12.4 Å². The molecule has 4 atom stereocenters. The molecule has 6 aromatic heterocycles. The van der Waals surface area contributed by atoms with Gasteiger partial charge in [-0.05, 0) is 43.0 Å². The van der Waals surface area contributed by atoms with E-state index in [-0.39, 0.29) is 34.2 Å². The van der Waals surface area contributed by atoms with Gasteiger partial charge in [0, 0.05) is 88.0 Å². The smallest absolute Gasteiger partial charge is 0.317 e. The number of amides is 4. The second-order valence-electron chi connectivity index (χ2n) is 16.9. The van der Waals surface area contributed by atoms with Crippen molar-refractivity contribution in [1.82, 2.24) is 58.1 Å². The Bertz CT molecular complexity index is 2940. The maximum absolute atomic E-state index is 13.4. The van der Waals surface area contributed by atoms with E-state index < -0.39 is 47.0 Å². The third-order valence-electron chi connectivity index (χ3n) is 12.2. The second kappa shape index (κ2) is 17.0. The quantitative estimate of drug-likeness (QED) is 0.123. The number of carbonyl (C=O) groups is 2. The lowest BCUT2D eigenvalue weighted by molar-refractivity contribution is 0.0236. The summed E-state index contributed by atoms with van der Waals surface area (Å²) in [5, 5.41) is 4.65. The first-order valence-electron chi connectivity index (χ1n) is 21.1. The molecule has 9 rings (SSSR count). The summed E-state index contributed by atoms with van der Waals surface area (Å²) in [6.45, 7) is 7.92. The number of H-pyrrole nitrogens is 1. The van der Waals surface area contributed by atoms with Crippen LogP contribution >= 0.6 is 0 Å². The zero-order valence-corrected chi connectivity index (χ0v) is 36.8. The Balaban J connectivity index is 0.000000184. The highest BCUT2D eigenvalue weighted by molar-refractivity contribution is 7.90. The minimum Gasteiger partial charge on any atom is -0.345 e. The molecule has 0 radical (unpaired) electrons. The van der Waals surface area contributed by atoms with Gasteiger partial charge in [-0.15, -0.1) is 0 Å². The van der Waals surface area contributed by atoms with Gasteiger partial charge in [0.1, 0.15) is 0 Å². The molecular formula is C43H50F4N12O4S. The molecular weight excluding hydrogens is 857 g/mol. The Labute approximate surface area is 366 Å². The van der Waals surface area contributed by atoms with Crippen LogP contribution in [0.2, 0.25) is 0 Å². The molecule has 0 bridgehead atoms. The van der Waals surface area contributed by atoms with Gasteiger partial charge in [0.25, 0.3) is 21.9 Å². The van der Waals surface area contributed by atoms with Crippen molar-refractivity contribution in [3.63, 3.8) is 0 Å². The van der Waals surface area contributed by atoms with Crippen molar-refractivity contribution in [3.8, 4) is 0 Å². The molecule has 2 fully saturated rings. The van der Waals surface area contributed by atoms with E-state index in [4.69, 9.17) is 0 Å². The Morgan fingerprint density at radius 3 is 1.75 bits per heavy atom. The summed E-state index contributed by atoms with van der Waals surface area (Å²) in [6.07, 6.45) is 11.7. The fourth-order valence-corrected chi connectivity index (χ4v) is 10.1. The third kappa shape index (κ3) is 8.68. The minimum absolute atomic E-state index is 0.0781. The van der Waals surface area contributed by atoms with Gasteiger partial charge in [0.05, 0.1) is 41.4 Å². The molecule has 21 heteroatoms. The number of rotatable bonds is 10. The second-order valence-corrected chi connectivity index (χ2v) is 18.8. The Hall–Kier alpha value is -6.25. The number of hydrogen-bond acceptors (Lipinski definition) is 8. The molecule has 3 N–H and O–H groups in total. The van der Waals surface area contributed by atoms with Crippen molar-refractivity contribution >= 4 is 55.7 Å². The number of aromatic amines is 1. The van der Waals surface area contributed by atoms with Crippen molar-refractivity contribution in [2.75, 3.05) is 39.3 Å². The predicted octanol–water partition coefficient (Wildman–Crippen LogP) is 7.02. The van der Waals surface area contributed by atoms with E-state index in [1.54, 1.807) is 52.5 Å². The number of carbonyl (C=O) groups excluding carboxylic acids is 2. The van der Waals surface area contributed by atoms with Gasteiger partial charge in [0.2, 0.25) is 0 Å². The third-order valence-corrected chi connectivity index (χ3v) is 13.9. The van der Waals surface area contributed by atoms with Crippen molar-refractivity contribution in [3.05, 3.63) is 90.5 Å². The summed E-state index contributed by atoms with van der Waals surface area (Å²) in [5.74, 6) is -5.64. The van der Waals surface area contributed by atoms with E-state index in [1.807, 2.05) is 36.7 Å². The number of imidazole rings is 2. The monoisotopic (exact) mass is 906 g/mol. The van der Waals surface area contributed by atoms with Gasteiger partial charge in [-0.1, -0.05) is 44.4 Å². The molecule has 1 aromatic carbocycles. The summed E-state index contributed by atoms with van der Waals surface area (Å²) in [5.41, 5.74) is 6.62. The van der Waals surface area contributed by atoms with Crippen LogP contribution in [-0.4, -0.2) is 119 Å². The Morgan fingerprint density at radius 1 is 0.719 bits per heavy atom. The molecule has 340 valence electrons. The average Bonchev–Trinajstić information content (AvgIpc) is 4.10. The number of hydrogen-bond donors (Lipinski definition) is 3. The van der Waals surface area contributed by atoms with E-state index in [0.29, 0.717) is 37.3 Å². The number of nitrogens with one attached hydrogen (secondary N) is 3. The van der Waals surface area contributed by atoms with Crippen LogP contribution in [0.5, 0.6) is 0 Å². The van der Waals surface area contributed by atoms with E-state index >= 15 is 0 Å². The van der Waals surface area contributed by atoms with Crippen LogP contribution in [0.3, 0.4) is 0 Å². The summed E-state index contributed by atoms with van der Waals surface area (Å²) < 4.78 is 84.5. The van der Waals surface area contributed by atoms with Crippen LogP contribution in [-0.2, 0) is 10.0 Å². The molecule has 0 spiro atoms. The zero-order valence-electron chi connectivity index (χ0n) is 36.0. The van der Waals surface area contributed by atoms with Gasteiger partial charge in [-0.2, -0.15) is 0 Å². The van der Waals surface area contributed by atoms with E-state index in [2.05, 4.69) is 46.9 Å². The first-order chi connectivity index (χ1) is 30.4. The van der Waals surface area contributed by atoms with Gasteiger partial charge < -0.3 is 25.4 Å². The SMILES string of the molecule is CC[C@@H]1CN(C(=O)NCC(C)(F)F)C[C@@H]1c1cnc2cnc3[nH]ccc3n12.CC[C@@H]1CN(C(=O)NCC(C)(F)F)C[C@@H]1c1cnc2cnc3c(ccn3S(=O)(=O)c3ccc(C)cc3)n12. The number of aryl methyl sites for hydroxylation is 1.